The first-order valence-corrected chi connectivity index (χ1v) is 14.2. The van der Waals surface area contributed by atoms with Crippen molar-refractivity contribution in [2.75, 3.05) is 26.3 Å². The number of nitrogens with one attached hydrogen (secondary N) is 1. The van der Waals surface area contributed by atoms with Crippen LogP contribution >= 0.6 is 0 Å². The van der Waals surface area contributed by atoms with Gasteiger partial charge in [-0.2, -0.15) is 0 Å². The van der Waals surface area contributed by atoms with Crippen molar-refractivity contribution < 1.29 is 14.2 Å². The molecular formula is C33H36N2O3. The van der Waals surface area contributed by atoms with E-state index in [-0.39, 0.29) is 6.29 Å². The summed E-state index contributed by atoms with van der Waals surface area (Å²) in [5.41, 5.74) is 6.70. The molecule has 0 saturated carbocycles. The summed E-state index contributed by atoms with van der Waals surface area (Å²) in [6, 6.07) is 24.0. The van der Waals surface area contributed by atoms with Crippen LogP contribution in [0.2, 0.25) is 0 Å². The van der Waals surface area contributed by atoms with Gasteiger partial charge in [0.25, 0.3) is 0 Å². The van der Waals surface area contributed by atoms with Crippen LogP contribution in [0.3, 0.4) is 0 Å². The van der Waals surface area contributed by atoms with Crippen LogP contribution in [0, 0.1) is 5.92 Å². The van der Waals surface area contributed by atoms with Crippen molar-refractivity contribution in [2.24, 2.45) is 5.92 Å². The number of aromatic amines is 1. The van der Waals surface area contributed by atoms with E-state index in [4.69, 9.17) is 14.2 Å². The first kappa shape index (κ1) is 23.8. The van der Waals surface area contributed by atoms with Crippen LogP contribution in [-0.2, 0) is 24.0 Å². The molecular weight excluding hydrogens is 472 g/mol. The van der Waals surface area contributed by atoms with Gasteiger partial charge < -0.3 is 19.2 Å². The van der Waals surface area contributed by atoms with Gasteiger partial charge in [-0.3, -0.25) is 4.90 Å². The highest BCUT2D eigenvalue weighted by atomic mass is 16.7. The number of hydrogen-bond donors (Lipinski definition) is 1. The highest BCUT2D eigenvalue weighted by Crippen LogP contribution is 2.44. The summed E-state index contributed by atoms with van der Waals surface area (Å²) >= 11 is 0. The molecule has 1 N–H and O–H groups in total. The molecule has 5 heteroatoms. The first-order valence-electron chi connectivity index (χ1n) is 14.2. The largest absolute Gasteiger partial charge is 0.451 e. The van der Waals surface area contributed by atoms with E-state index in [2.05, 4.69) is 76.7 Å². The fourth-order valence-corrected chi connectivity index (χ4v) is 6.59. The Kier molecular flexibility index (Phi) is 6.56. The molecule has 2 atom stereocenters. The second-order valence-corrected chi connectivity index (χ2v) is 11.1. The second kappa shape index (κ2) is 10.5. The van der Waals surface area contributed by atoms with Gasteiger partial charge in [-0.05, 0) is 78.5 Å². The van der Waals surface area contributed by atoms with Gasteiger partial charge in [0.15, 0.2) is 11.5 Å². The molecule has 0 spiro atoms. The van der Waals surface area contributed by atoms with Gasteiger partial charge >= 0.3 is 0 Å². The standard InChI is InChI=1S/C33H36N2O3/c1-2-6-23(7-3-1)18-33-37-31-19-25-12-15-35(22-24-13-16-36-17-14-24)30(28(25)20-32(31)38-33)11-10-26-21-34-29-9-5-4-8-27(26)29/h1-9,19-21,24,30,33-34H,10-18,22H2. The fourth-order valence-electron chi connectivity index (χ4n) is 6.59. The number of rotatable bonds is 7. The average Bonchev–Trinajstić information content (AvgIpc) is 3.55. The molecule has 3 aliphatic rings. The molecule has 2 unspecified atom stereocenters. The van der Waals surface area contributed by atoms with E-state index in [0.29, 0.717) is 12.0 Å². The summed E-state index contributed by atoms with van der Waals surface area (Å²) in [7, 11) is 0. The van der Waals surface area contributed by atoms with Gasteiger partial charge in [-0.15, -0.1) is 0 Å². The lowest BCUT2D eigenvalue weighted by Crippen LogP contribution is -2.40. The second-order valence-electron chi connectivity index (χ2n) is 11.1. The van der Waals surface area contributed by atoms with Crippen molar-refractivity contribution in [3.05, 3.63) is 95.2 Å². The van der Waals surface area contributed by atoms with Crippen LogP contribution in [0.15, 0.2) is 72.9 Å². The minimum atomic E-state index is -0.265. The number of aryl methyl sites for hydroxylation is 1. The zero-order valence-electron chi connectivity index (χ0n) is 21.9. The van der Waals surface area contributed by atoms with Gasteiger partial charge in [0.2, 0.25) is 6.29 Å². The van der Waals surface area contributed by atoms with Crippen molar-refractivity contribution >= 4 is 10.9 Å². The number of ether oxygens (including phenoxy) is 3. The van der Waals surface area contributed by atoms with Gasteiger partial charge in [-0.25, -0.2) is 0 Å². The third kappa shape index (κ3) is 4.81. The lowest BCUT2D eigenvalue weighted by Gasteiger charge is -2.40. The topological polar surface area (TPSA) is 46.7 Å². The maximum atomic E-state index is 6.36. The van der Waals surface area contributed by atoms with Crippen molar-refractivity contribution in [3.8, 4) is 11.5 Å². The lowest BCUT2D eigenvalue weighted by atomic mass is 9.87. The fraction of sp³-hybridized carbons (Fsp3) is 0.394. The van der Waals surface area contributed by atoms with Gasteiger partial charge in [0.1, 0.15) is 0 Å². The number of benzene rings is 3. The third-order valence-electron chi connectivity index (χ3n) is 8.63. The maximum Gasteiger partial charge on any atom is 0.245 e. The van der Waals surface area contributed by atoms with E-state index < -0.39 is 0 Å². The first-order chi connectivity index (χ1) is 18.8. The Hall–Kier alpha value is -3.28. The van der Waals surface area contributed by atoms with Crippen molar-refractivity contribution in [3.63, 3.8) is 0 Å². The molecule has 4 heterocycles. The van der Waals surface area contributed by atoms with Crippen molar-refractivity contribution in [2.45, 2.75) is 50.9 Å². The molecule has 1 saturated heterocycles. The molecule has 5 nitrogen and oxygen atoms in total. The summed E-state index contributed by atoms with van der Waals surface area (Å²) in [5.74, 6) is 2.51. The number of aromatic nitrogens is 1. The lowest BCUT2D eigenvalue weighted by molar-refractivity contribution is 0.0423. The summed E-state index contributed by atoms with van der Waals surface area (Å²) in [5, 5.41) is 1.34. The smallest absolute Gasteiger partial charge is 0.245 e. The number of hydrogen-bond acceptors (Lipinski definition) is 4. The minimum absolute atomic E-state index is 0.265. The predicted molar refractivity (Wildman–Crippen MR) is 150 cm³/mol. The molecule has 0 radical (unpaired) electrons. The zero-order valence-corrected chi connectivity index (χ0v) is 21.9. The van der Waals surface area contributed by atoms with Crippen molar-refractivity contribution in [1.82, 2.24) is 9.88 Å². The highest BCUT2D eigenvalue weighted by molar-refractivity contribution is 5.83. The Labute approximate surface area is 224 Å². The van der Waals surface area contributed by atoms with Gasteiger partial charge in [-0.1, -0.05) is 48.5 Å². The summed E-state index contributed by atoms with van der Waals surface area (Å²) in [6.07, 6.45) is 8.21. The normalized spacial score (nSPS) is 21.6. The molecule has 38 heavy (non-hydrogen) atoms. The Balaban J connectivity index is 1.15. The molecule has 3 aliphatic heterocycles. The van der Waals surface area contributed by atoms with Crippen LogP contribution < -0.4 is 9.47 Å². The van der Waals surface area contributed by atoms with Crippen molar-refractivity contribution in [1.29, 1.82) is 0 Å². The number of nitrogens with zero attached hydrogens (tertiary/aromatic N) is 1. The van der Waals surface area contributed by atoms with Crippen LogP contribution in [-0.4, -0.2) is 42.5 Å². The van der Waals surface area contributed by atoms with Gasteiger partial charge in [0.05, 0.1) is 0 Å². The Bertz CT molecular complexity index is 1390. The van der Waals surface area contributed by atoms with E-state index in [1.165, 1.54) is 46.0 Å². The molecule has 7 rings (SSSR count). The molecule has 1 aromatic heterocycles. The van der Waals surface area contributed by atoms with E-state index >= 15 is 0 Å². The number of fused-ring (bicyclic) bond motifs is 3. The summed E-state index contributed by atoms with van der Waals surface area (Å²) in [4.78, 5) is 6.21. The minimum Gasteiger partial charge on any atom is -0.451 e. The Morgan fingerprint density at radius 2 is 1.68 bits per heavy atom. The van der Waals surface area contributed by atoms with E-state index in [1.54, 1.807) is 0 Å². The number of para-hydroxylation sites is 1. The Morgan fingerprint density at radius 1 is 0.895 bits per heavy atom. The molecule has 4 aromatic rings. The van der Waals surface area contributed by atoms with Crippen LogP contribution in [0.25, 0.3) is 10.9 Å². The average molecular weight is 509 g/mol. The Morgan fingerprint density at radius 3 is 2.55 bits per heavy atom. The zero-order chi connectivity index (χ0) is 25.3. The molecule has 0 amide bonds. The maximum absolute atomic E-state index is 6.36. The predicted octanol–water partition coefficient (Wildman–Crippen LogP) is 6.47. The van der Waals surface area contributed by atoms with E-state index in [1.807, 2.05) is 6.07 Å². The summed E-state index contributed by atoms with van der Waals surface area (Å²) in [6.45, 7) is 4.04. The van der Waals surface area contributed by atoms with Crippen LogP contribution in [0.1, 0.15) is 47.6 Å². The monoisotopic (exact) mass is 508 g/mol. The molecule has 196 valence electrons. The quantitative estimate of drug-likeness (QED) is 0.311. The molecule has 0 bridgehead atoms. The third-order valence-corrected chi connectivity index (χ3v) is 8.63. The van der Waals surface area contributed by atoms with Crippen LogP contribution in [0.4, 0.5) is 0 Å². The molecule has 1 fully saturated rings. The number of H-pyrrole nitrogens is 1. The SMILES string of the molecule is c1ccc(CC2Oc3cc4c(cc3O2)C(CCc2c[nH]c3ccccc23)N(CC2CCOCC2)CC4)cc1. The molecule has 0 aliphatic carbocycles. The molecule has 3 aromatic carbocycles. The highest BCUT2D eigenvalue weighted by Gasteiger charge is 2.33. The summed E-state index contributed by atoms with van der Waals surface area (Å²) < 4.78 is 18.3. The van der Waals surface area contributed by atoms with Crippen LogP contribution in [0.5, 0.6) is 11.5 Å². The van der Waals surface area contributed by atoms with E-state index in [9.17, 15) is 0 Å². The van der Waals surface area contributed by atoms with E-state index in [0.717, 1.165) is 63.5 Å². The van der Waals surface area contributed by atoms with Gasteiger partial charge in [0, 0.05) is 55.9 Å².